The molecule has 24 heavy (non-hydrogen) atoms. The van der Waals surface area contributed by atoms with Crippen molar-refractivity contribution in [3.05, 3.63) is 15.6 Å². The van der Waals surface area contributed by atoms with Crippen molar-refractivity contribution in [3.8, 4) is 0 Å². The van der Waals surface area contributed by atoms with Crippen molar-refractivity contribution in [2.24, 2.45) is 4.99 Å². The van der Waals surface area contributed by atoms with Gasteiger partial charge in [-0.25, -0.2) is 4.98 Å². The number of aromatic nitrogens is 1. The van der Waals surface area contributed by atoms with Gasteiger partial charge in [-0.2, -0.15) is 0 Å². The van der Waals surface area contributed by atoms with Gasteiger partial charge in [-0.05, 0) is 34.9 Å². The van der Waals surface area contributed by atoms with Crippen LogP contribution >= 0.6 is 11.3 Å². The molecule has 1 aromatic heterocycles. The quantitative estimate of drug-likeness (QED) is 0.593. The molecule has 1 aliphatic rings. The minimum atomic E-state index is 0.489. The average molecular weight is 353 g/mol. The summed E-state index contributed by atoms with van der Waals surface area (Å²) < 4.78 is 0. The summed E-state index contributed by atoms with van der Waals surface area (Å²) >= 11 is 1.79. The molecule has 1 atom stereocenters. The van der Waals surface area contributed by atoms with Gasteiger partial charge in [0.25, 0.3) is 0 Å². The van der Waals surface area contributed by atoms with E-state index in [4.69, 9.17) is 4.99 Å². The minimum Gasteiger partial charge on any atom is -0.357 e. The number of thiazole rings is 1. The molecule has 1 aromatic rings. The average Bonchev–Trinajstić information content (AvgIpc) is 2.86. The predicted octanol–water partition coefficient (Wildman–Crippen LogP) is 1.10. The summed E-state index contributed by atoms with van der Waals surface area (Å²) in [5, 5.41) is 7.97. The monoisotopic (exact) mass is 352 g/mol. The van der Waals surface area contributed by atoms with Crippen LogP contribution in [0.15, 0.2) is 4.99 Å². The number of aryl methyl sites for hydroxylation is 2. The smallest absolute Gasteiger partial charge is 0.191 e. The van der Waals surface area contributed by atoms with E-state index in [-0.39, 0.29) is 0 Å². The fourth-order valence-corrected chi connectivity index (χ4v) is 3.70. The van der Waals surface area contributed by atoms with Crippen molar-refractivity contribution < 1.29 is 0 Å². The third-order valence-corrected chi connectivity index (χ3v) is 5.62. The van der Waals surface area contributed by atoms with E-state index in [9.17, 15) is 0 Å². The van der Waals surface area contributed by atoms with Gasteiger partial charge in [-0.15, -0.1) is 11.3 Å². The van der Waals surface area contributed by atoms with E-state index in [0.717, 1.165) is 57.3 Å². The van der Waals surface area contributed by atoms with Crippen LogP contribution in [-0.2, 0) is 6.42 Å². The predicted molar refractivity (Wildman–Crippen MR) is 103 cm³/mol. The molecule has 136 valence electrons. The van der Waals surface area contributed by atoms with Crippen LogP contribution in [0.5, 0.6) is 0 Å². The van der Waals surface area contributed by atoms with Crippen LogP contribution in [-0.4, -0.2) is 80.1 Å². The summed E-state index contributed by atoms with van der Waals surface area (Å²) in [5.41, 5.74) is 1.15. The third kappa shape index (κ3) is 5.72. The molecule has 0 aliphatic carbocycles. The molecule has 1 unspecified atom stereocenters. The van der Waals surface area contributed by atoms with Crippen molar-refractivity contribution in [3.63, 3.8) is 0 Å². The van der Waals surface area contributed by atoms with Gasteiger partial charge < -0.3 is 15.5 Å². The van der Waals surface area contributed by atoms with Crippen molar-refractivity contribution in [1.82, 2.24) is 25.4 Å². The zero-order valence-electron chi connectivity index (χ0n) is 15.7. The Labute approximate surface area is 150 Å². The number of likely N-dealkylation sites (N-methyl/N-ethyl adjacent to an activating group) is 2. The Morgan fingerprint density at radius 3 is 2.75 bits per heavy atom. The van der Waals surface area contributed by atoms with E-state index in [1.165, 1.54) is 9.88 Å². The van der Waals surface area contributed by atoms with Crippen molar-refractivity contribution >= 4 is 17.3 Å². The summed E-state index contributed by atoms with van der Waals surface area (Å²) in [5.74, 6) is 0.907. The SMILES string of the molecule is CCNC(=NCC1CN(C)CCN1C)NCCc1nc(C)c(C)s1. The van der Waals surface area contributed by atoms with Crippen LogP contribution in [0.2, 0.25) is 0 Å². The zero-order chi connectivity index (χ0) is 17.5. The number of nitrogens with one attached hydrogen (secondary N) is 2. The van der Waals surface area contributed by atoms with Gasteiger partial charge in [0.05, 0.1) is 17.2 Å². The lowest BCUT2D eigenvalue weighted by molar-refractivity contribution is 0.119. The number of nitrogens with zero attached hydrogens (tertiary/aromatic N) is 4. The van der Waals surface area contributed by atoms with Crippen LogP contribution < -0.4 is 10.6 Å². The zero-order valence-corrected chi connectivity index (χ0v) is 16.5. The molecule has 0 saturated carbocycles. The van der Waals surface area contributed by atoms with E-state index in [2.05, 4.69) is 60.3 Å². The van der Waals surface area contributed by atoms with Crippen LogP contribution in [0.4, 0.5) is 0 Å². The topological polar surface area (TPSA) is 55.8 Å². The Bertz CT molecular complexity index is 522. The third-order valence-electron chi connectivity index (χ3n) is 4.49. The highest BCUT2D eigenvalue weighted by Gasteiger charge is 2.21. The van der Waals surface area contributed by atoms with E-state index in [0.29, 0.717) is 6.04 Å². The first-order valence-electron chi connectivity index (χ1n) is 8.83. The van der Waals surface area contributed by atoms with Crippen molar-refractivity contribution in [2.45, 2.75) is 33.2 Å². The second kappa shape index (κ2) is 9.34. The maximum Gasteiger partial charge on any atom is 0.191 e. The van der Waals surface area contributed by atoms with E-state index >= 15 is 0 Å². The maximum atomic E-state index is 4.79. The minimum absolute atomic E-state index is 0.489. The molecule has 0 radical (unpaired) electrons. The van der Waals surface area contributed by atoms with Crippen molar-refractivity contribution in [2.75, 3.05) is 53.4 Å². The summed E-state index contributed by atoms with van der Waals surface area (Å²) in [7, 11) is 4.38. The molecular formula is C17H32N6S. The lowest BCUT2D eigenvalue weighted by Crippen LogP contribution is -2.51. The molecular weight excluding hydrogens is 320 g/mol. The molecule has 0 spiro atoms. The van der Waals surface area contributed by atoms with Gasteiger partial charge in [0, 0.05) is 50.1 Å². The second-order valence-electron chi connectivity index (χ2n) is 6.54. The molecule has 1 fully saturated rings. The maximum absolute atomic E-state index is 4.79. The van der Waals surface area contributed by atoms with Crippen LogP contribution in [0, 0.1) is 13.8 Å². The highest BCUT2D eigenvalue weighted by atomic mass is 32.1. The van der Waals surface area contributed by atoms with Crippen LogP contribution in [0.1, 0.15) is 22.5 Å². The van der Waals surface area contributed by atoms with E-state index < -0.39 is 0 Å². The fourth-order valence-electron chi connectivity index (χ4n) is 2.77. The van der Waals surface area contributed by atoms with Gasteiger partial charge in [0.15, 0.2) is 5.96 Å². The summed E-state index contributed by atoms with van der Waals surface area (Å²) in [4.78, 5) is 15.5. The molecule has 2 heterocycles. The molecule has 0 aromatic carbocycles. The van der Waals surface area contributed by atoms with E-state index in [1.807, 2.05) is 0 Å². The fraction of sp³-hybridized carbons (Fsp3) is 0.765. The Morgan fingerprint density at radius 1 is 1.29 bits per heavy atom. The van der Waals surface area contributed by atoms with Gasteiger partial charge in [-0.3, -0.25) is 9.89 Å². The van der Waals surface area contributed by atoms with Crippen LogP contribution in [0.3, 0.4) is 0 Å². The molecule has 2 rings (SSSR count). The summed E-state index contributed by atoms with van der Waals surface area (Å²) in [6, 6.07) is 0.489. The summed E-state index contributed by atoms with van der Waals surface area (Å²) in [6.45, 7) is 12.2. The number of aliphatic imine (C=N–C) groups is 1. The Hall–Kier alpha value is -1.18. The Balaban J connectivity index is 1.83. The molecule has 0 amide bonds. The number of guanidine groups is 1. The molecule has 7 heteroatoms. The van der Waals surface area contributed by atoms with E-state index in [1.54, 1.807) is 11.3 Å². The number of hydrogen-bond acceptors (Lipinski definition) is 5. The number of rotatable bonds is 6. The van der Waals surface area contributed by atoms with Gasteiger partial charge in [0.1, 0.15) is 0 Å². The largest absolute Gasteiger partial charge is 0.357 e. The molecule has 6 nitrogen and oxygen atoms in total. The first kappa shape index (κ1) is 19.1. The first-order chi connectivity index (χ1) is 11.5. The lowest BCUT2D eigenvalue weighted by atomic mass is 10.2. The lowest BCUT2D eigenvalue weighted by Gasteiger charge is -2.36. The van der Waals surface area contributed by atoms with Crippen molar-refractivity contribution in [1.29, 1.82) is 0 Å². The van der Waals surface area contributed by atoms with Gasteiger partial charge in [-0.1, -0.05) is 0 Å². The van der Waals surface area contributed by atoms with Gasteiger partial charge in [0.2, 0.25) is 0 Å². The first-order valence-corrected chi connectivity index (χ1v) is 9.65. The Kier molecular flexibility index (Phi) is 7.45. The molecule has 0 bridgehead atoms. The van der Waals surface area contributed by atoms with Gasteiger partial charge >= 0.3 is 0 Å². The highest BCUT2D eigenvalue weighted by molar-refractivity contribution is 7.11. The normalized spacial score (nSPS) is 20.4. The highest BCUT2D eigenvalue weighted by Crippen LogP contribution is 2.16. The standard InChI is InChI=1S/C17H32N6S/c1-6-18-17(19-8-7-16-21-13(2)14(3)24-16)20-11-15-12-22(4)9-10-23(15)5/h15H,6-12H2,1-5H3,(H2,18,19,20). The number of hydrogen-bond donors (Lipinski definition) is 2. The molecule has 1 saturated heterocycles. The van der Waals surface area contributed by atoms with Crippen LogP contribution in [0.25, 0.3) is 0 Å². The molecule has 1 aliphatic heterocycles. The Morgan fingerprint density at radius 2 is 2.08 bits per heavy atom. The number of piperazine rings is 1. The summed E-state index contributed by atoms with van der Waals surface area (Å²) in [6.07, 6.45) is 0.940. The second-order valence-corrected chi connectivity index (χ2v) is 7.83. The molecule has 2 N–H and O–H groups in total.